The lowest BCUT2D eigenvalue weighted by atomic mass is 9.86. The van der Waals surface area contributed by atoms with Gasteiger partial charge < -0.3 is 5.32 Å². The number of carbonyl (C=O) groups is 1. The van der Waals surface area contributed by atoms with Gasteiger partial charge >= 0.3 is 0 Å². The molecule has 3 heterocycles. The van der Waals surface area contributed by atoms with E-state index in [1.54, 1.807) is 6.92 Å². The Labute approximate surface area is 132 Å². The van der Waals surface area contributed by atoms with E-state index in [2.05, 4.69) is 26.1 Å². The number of rotatable bonds is 2. The van der Waals surface area contributed by atoms with Crippen molar-refractivity contribution in [1.82, 2.24) is 26.1 Å². The highest BCUT2D eigenvalue weighted by molar-refractivity contribution is 6.00. The molecule has 0 bridgehead atoms. The molecule has 4 rings (SSSR count). The number of carbonyl (C=O) groups excluding carboxylic acids is 1. The summed E-state index contributed by atoms with van der Waals surface area (Å²) in [5.74, 6) is -0.423. The van der Waals surface area contributed by atoms with Crippen molar-refractivity contribution in [2.24, 2.45) is 0 Å². The minimum Gasteiger partial charge on any atom is -0.337 e. The van der Waals surface area contributed by atoms with Crippen molar-refractivity contribution in [1.29, 1.82) is 0 Å². The van der Waals surface area contributed by atoms with Crippen molar-refractivity contribution in [3.05, 3.63) is 58.9 Å². The maximum absolute atomic E-state index is 14.1. The Morgan fingerprint density at radius 1 is 1.30 bits per heavy atom. The molecule has 2 aliphatic rings. The first-order valence-corrected chi connectivity index (χ1v) is 7.48. The maximum atomic E-state index is 14.1. The molecular weight excluding hydrogens is 297 g/mol. The zero-order valence-corrected chi connectivity index (χ0v) is 12.6. The van der Waals surface area contributed by atoms with Crippen LogP contribution in [0.15, 0.2) is 30.7 Å². The Kier molecular flexibility index (Phi) is 3.14. The number of fused-ring (bicyclic) bond motifs is 1. The molecule has 1 aromatic heterocycles. The van der Waals surface area contributed by atoms with E-state index in [1.807, 2.05) is 18.2 Å². The van der Waals surface area contributed by atoms with E-state index >= 15 is 0 Å². The van der Waals surface area contributed by atoms with E-state index in [-0.39, 0.29) is 11.6 Å². The van der Waals surface area contributed by atoms with Gasteiger partial charge in [0.25, 0.3) is 5.91 Å². The molecule has 1 saturated heterocycles. The number of amides is 1. The molecule has 0 radical (unpaired) electrons. The van der Waals surface area contributed by atoms with Crippen LogP contribution < -0.4 is 16.2 Å². The summed E-state index contributed by atoms with van der Waals surface area (Å²) in [4.78, 5) is 20.1. The molecule has 2 aliphatic heterocycles. The molecule has 1 unspecified atom stereocenters. The standard InChI is InChI=1S/C16H16FN5O/c1-16(14-13(17)7-18-8-19-14)12-3-2-9(10-5-20-21-6-10)4-11(12)15(23)22-16/h2-4,7-8,10,20-21H,5-6H2,1H3,(H,22,23). The second kappa shape index (κ2) is 5.07. The number of hydrazine groups is 1. The minimum absolute atomic E-state index is 0.177. The summed E-state index contributed by atoms with van der Waals surface area (Å²) in [6.07, 6.45) is 2.40. The number of nitrogens with one attached hydrogen (secondary N) is 3. The summed E-state index contributed by atoms with van der Waals surface area (Å²) in [6, 6.07) is 5.78. The molecule has 0 spiro atoms. The smallest absolute Gasteiger partial charge is 0.252 e. The predicted octanol–water partition coefficient (Wildman–Crippen LogP) is 0.814. The first kappa shape index (κ1) is 14.2. The number of aromatic nitrogens is 2. The Bertz CT molecular complexity index is 790. The van der Waals surface area contributed by atoms with E-state index in [0.717, 1.165) is 30.4 Å². The number of benzene rings is 1. The summed E-state index contributed by atoms with van der Waals surface area (Å²) in [5.41, 5.74) is 7.76. The second-order valence-electron chi connectivity index (χ2n) is 6.06. The van der Waals surface area contributed by atoms with Gasteiger partial charge in [-0.15, -0.1) is 0 Å². The van der Waals surface area contributed by atoms with Crippen molar-refractivity contribution < 1.29 is 9.18 Å². The summed E-state index contributed by atoms with van der Waals surface area (Å²) in [6.45, 7) is 3.40. The van der Waals surface area contributed by atoms with Gasteiger partial charge in [0.2, 0.25) is 0 Å². The third-order valence-corrected chi connectivity index (χ3v) is 4.62. The molecule has 7 heteroatoms. The fraction of sp³-hybridized carbons (Fsp3) is 0.312. The van der Waals surface area contributed by atoms with Crippen molar-refractivity contribution >= 4 is 5.91 Å². The largest absolute Gasteiger partial charge is 0.337 e. The van der Waals surface area contributed by atoms with E-state index in [9.17, 15) is 9.18 Å². The molecule has 0 saturated carbocycles. The van der Waals surface area contributed by atoms with Gasteiger partial charge in [0.1, 0.15) is 17.6 Å². The SMILES string of the molecule is CC1(c2ncncc2F)NC(=O)c2cc(C3CNNC3)ccc21. The van der Waals surface area contributed by atoms with Crippen LogP contribution in [0.4, 0.5) is 4.39 Å². The predicted molar refractivity (Wildman–Crippen MR) is 81.1 cm³/mol. The monoisotopic (exact) mass is 313 g/mol. The van der Waals surface area contributed by atoms with Crippen LogP contribution in [0.3, 0.4) is 0 Å². The normalized spacial score (nSPS) is 23.8. The van der Waals surface area contributed by atoms with Crippen LogP contribution in [0.5, 0.6) is 0 Å². The molecule has 6 nitrogen and oxygen atoms in total. The quantitative estimate of drug-likeness (QED) is 0.765. The highest BCUT2D eigenvalue weighted by atomic mass is 19.1. The molecule has 118 valence electrons. The molecule has 23 heavy (non-hydrogen) atoms. The van der Waals surface area contributed by atoms with Crippen LogP contribution in [0.1, 0.15) is 40.0 Å². The Morgan fingerprint density at radius 2 is 2.09 bits per heavy atom. The minimum atomic E-state index is -0.982. The maximum Gasteiger partial charge on any atom is 0.252 e. The van der Waals surface area contributed by atoms with E-state index in [4.69, 9.17) is 0 Å². The van der Waals surface area contributed by atoms with Crippen LogP contribution >= 0.6 is 0 Å². The Hall–Kier alpha value is -2.38. The van der Waals surface area contributed by atoms with Gasteiger partial charge in [-0.25, -0.2) is 14.4 Å². The van der Waals surface area contributed by atoms with Gasteiger partial charge in [-0.3, -0.25) is 15.6 Å². The summed E-state index contributed by atoms with van der Waals surface area (Å²) < 4.78 is 14.1. The third kappa shape index (κ3) is 2.12. The first-order chi connectivity index (χ1) is 11.1. The lowest BCUT2D eigenvalue weighted by Gasteiger charge is -2.25. The Balaban J connectivity index is 1.81. The molecule has 1 aromatic carbocycles. The van der Waals surface area contributed by atoms with Crippen LogP contribution in [0.25, 0.3) is 0 Å². The molecule has 2 aromatic rings. The number of halogens is 1. The summed E-state index contributed by atoms with van der Waals surface area (Å²) in [5, 5.41) is 2.87. The third-order valence-electron chi connectivity index (χ3n) is 4.62. The Morgan fingerprint density at radius 3 is 2.83 bits per heavy atom. The highest BCUT2D eigenvalue weighted by Gasteiger charge is 2.43. The number of hydrogen-bond acceptors (Lipinski definition) is 5. The molecule has 1 atom stereocenters. The average molecular weight is 313 g/mol. The summed E-state index contributed by atoms with van der Waals surface area (Å²) in [7, 11) is 0. The van der Waals surface area contributed by atoms with Crippen LogP contribution in [0, 0.1) is 5.82 Å². The van der Waals surface area contributed by atoms with Gasteiger partial charge in [0, 0.05) is 24.6 Å². The zero-order valence-electron chi connectivity index (χ0n) is 12.6. The van der Waals surface area contributed by atoms with Crippen molar-refractivity contribution in [3.63, 3.8) is 0 Å². The number of nitrogens with zero attached hydrogens (tertiary/aromatic N) is 2. The molecule has 0 aliphatic carbocycles. The van der Waals surface area contributed by atoms with Crippen molar-refractivity contribution in [2.45, 2.75) is 18.4 Å². The van der Waals surface area contributed by atoms with Gasteiger partial charge in [-0.2, -0.15) is 0 Å². The fourth-order valence-electron chi connectivity index (χ4n) is 3.37. The molecular formula is C16H16FN5O. The lowest BCUT2D eigenvalue weighted by Crippen LogP contribution is -2.39. The zero-order chi connectivity index (χ0) is 16.0. The van der Waals surface area contributed by atoms with Crippen LogP contribution in [-0.2, 0) is 5.54 Å². The van der Waals surface area contributed by atoms with Crippen LogP contribution in [-0.4, -0.2) is 29.0 Å². The first-order valence-electron chi connectivity index (χ1n) is 7.48. The van der Waals surface area contributed by atoms with Crippen molar-refractivity contribution in [2.75, 3.05) is 13.1 Å². The number of hydrogen-bond donors (Lipinski definition) is 3. The topological polar surface area (TPSA) is 78.9 Å². The van der Waals surface area contributed by atoms with Gasteiger partial charge in [-0.1, -0.05) is 12.1 Å². The molecule has 1 fully saturated rings. The van der Waals surface area contributed by atoms with E-state index in [1.165, 1.54) is 6.33 Å². The highest BCUT2D eigenvalue weighted by Crippen LogP contribution is 2.37. The lowest BCUT2D eigenvalue weighted by molar-refractivity contribution is 0.0943. The van der Waals surface area contributed by atoms with E-state index < -0.39 is 11.4 Å². The van der Waals surface area contributed by atoms with Crippen LogP contribution in [0.2, 0.25) is 0 Å². The van der Waals surface area contributed by atoms with Crippen molar-refractivity contribution in [3.8, 4) is 0 Å². The second-order valence-corrected chi connectivity index (χ2v) is 6.06. The molecule has 1 amide bonds. The average Bonchev–Trinajstić information content (AvgIpc) is 3.16. The van der Waals surface area contributed by atoms with Gasteiger partial charge in [-0.05, 0) is 24.1 Å². The van der Waals surface area contributed by atoms with Gasteiger partial charge in [0.15, 0.2) is 5.82 Å². The molecule has 3 N–H and O–H groups in total. The fourth-order valence-corrected chi connectivity index (χ4v) is 3.37. The summed E-state index contributed by atoms with van der Waals surface area (Å²) >= 11 is 0. The van der Waals surface area contributed by atoms with Gasteiger partial charge in [0.05, 0.1) is 6.20 Å². The van der Waals surface area contributed by atoms with E-state index in [0.29, 0.717) is 11.5 Å².